The molecule has 0 spiro atoms. The Hall–Kier alpha value is -1.36. The lowest BCUT2D eigenvalue weighted by Gasteiger charge is -2.23. The lowest BCUT2D eigenvalue weighted by Crippen LogP contribution is -2.28. The molecule has 18 heavy (non-hydrogen) atoms. The summed E-state index contributed by atoms with van der Waals surface area (Å²) in [5.41, 5.74) is 5.85. The first-order chi connectivity index (χ1) is 8.60. The summed E-state index contributed by atoms with van der Waals surface area (Å²) < 4.78 is 5.34. The highest BCUT2D eigenvalue weighted by atomic mass is 16.5. The molecular formula is C13H22N4O. The molecule has 1 aromatic rings. The molecule has 2 atom stereocenters. The van der Waals surface area contributed by atoms with Gasteiger partial charge in [0.15, 0.2) is 5.82 Å². The highest BCUT2D eigenvalue weighted by Crippen LogP contribution is 2.28. The van der Waals surface area contributed by atoms with Gasteiger partial charge < -0.3 is 15.4 Å². The average molecular weight is 250 g/mol. The van der Waals surface area contributed by atoms with E-state index in [0.717, 1.165) is 12.4 Å². The molecule has 2 heterocycles. The van der Waals surface area contributed by atoms with Crippen molar-refractivity contribution in [2.75, 3.05) is 23.8 Å². The number of nitrogens with two attached hydrogens (primary N) is 1. The van der Waals surface area contributed by atoms with Gasteiger partial charge >= 0.3 is 0 Å². The minimum absolute atomic E-state index is 0.423. The molecule has 0 aliphatic carbocycles. The van der Waals surface area contributed by atoms with Crippen LogP contribution in [0.25, 0.3) is 0 Å². The topological polar surface area (TPSA) is 64.3 Å². The monoisotopic (exact) mass is 250 g/mol. The normalized spacial score (nSPS) is 23.6. The Morgan fingerprint density at radius 3 is 2.83 bits per heavy atom. The molecule has 2 N–H and O–H groups in total. The Morgan fingerprint density at radius 2 is 2.22 bits per heavy atom. The Bertz CT molecular complexity index is 410. The Balaban J connectivity index is 2.19. The van der Waals surface area contributed by atoms with Crippen molar-refractivity contribution >= 4 is 11.6 Å². The Morgan fingerprint density at radius 1 is 1.44 bits per heavy atom. The van der Waals surface area contributed by atoms with Crippen molar-refractivity contribution in [2.24, 2.45) is 5.92 Å². The van der Waals surface area contributed by atoms with Gasteiger partial charge in [-0.05, 0) is 26.2 Å². The second-order valence-electron chi connectivity index (χ2n) is 5.05. The molecule has 100 valence electrons. The zero-order chi connectivity index (χ0) is 13.1. The van der Waals surface area contributed by atoms with E-state index in [-0.39, 0.29) is 0 Å². The van der Waals surface area contributed by atoms with E-state index < -0.39 is 0 Å². The summed E-state index contributed by atoms with van der Waals surface area (Å²) in [6.45, 7) is 8.56. The first-order valence-electron chi connectivity index (χ1n) is 6.58. The van der Waals surface area contributed by atoms with E-state index in [2.05, 4.69) is 28.7 Å². The molecule has 5 heteroatoms. The van der Waals surface area contributed by atoms with Crippen LogP contribution in [-0.4, -0.2) is 29.2 Å². The number of nitrogen functional groups attached to an aromatic ring is 1. The lowest BCUT2D eigenvalue weighted by atomic mass is 10.1. The molecule has 2 rings (SSSR count). The highest BCUT2D eigenvalue weighted by molar-refractivity contribution is 5.48. The molecule has 0 bridgehead atoms. The van der Waals surface area contributed by atoms with Gasteiger partial charge in [-0.25, -0.2) is 9.97 Å². The van der Waals surface area contributed by atoms with Crippen LogP contribution in [0.2, 0.25) is 0 Å². The zero-order valence-electron chi connectivity index (χ0n) is 11.4. The van der Waals surface area contributed by atoms with Gasteiger partial charge in [-0.1, -0.05) is 6.92 Å². The number of hydrogen-bond acceptors (Lipinski definition) is 5. The first-order valence-corrected chi connectivity index (χ1v) is 6.58. The molecule has 0 amide bonds. The van der Waals surface area contributed by atoms with Crippen LogP contribution >= 0.6 is 0 Å². The maximum absolute atomic E-state index is 5.85. The fraction of sp³-hybridized carbons (Fsp3) is 0.692. The van der Waals surface area contributed by atoms with E-state index in [1.54, 1.807) is 0 Å². The number of aromatic nitrogens is 2. The van der Waals surface area contributed by atoms with Gasteiger partial charge in [0.05, 0.1) is 0 Å². The van der Waals surface area contributed by atoms with Gasteiger partial charge in [0.1, 0.15) is 18.2 Å². The number of ether oxygens (including phenoxy) is 1. The minimum atomic E-state index is 0.423. The van der Waals surface area contributed by atoms with E-state index in [1.807, 2.05) is 13.0 Å². The fourth-order valence-corrected chi connectivity index (χ4v) is 2.53. The van der Waals surface area contributed by atoms with Crippen molar-refractivity contribution in [3.05, 3.63) is 11.9 Å². The van der Waals surface area contributed by atoms with Crippen molar-refractivity contribution in [1.82, 2.24) is 9.97 Å². The molecular weight excluding hydrogens is 228 g/mol. The second-order valence-corrected chi connectivity index (χ2v) is 5.05. The molecule has 1 fully saturated rings. The molecule has 2 unspecified atom stereocenters. The van der Waals surface area contributed by atoms with Crippen molar-refractivity contribution in [3.63, 3.8) is 0 Å². The fourth-order valence-electron chi connectivity index (χ4n) is 2.53. The maximum Gasteiger partial charge on any atom is 0.158 e. The van der Waals surface area contributed by atoms with Gasteiger partial charge in [0, 0.05) is 25.3 Å². The first kappa shape index (κ1) is 13.1. The van der Waals surface area contributed by atoms with E-state index in [4.69, 9.17) is 10.5 Å². The third-order valence-corrected chi connectivity index (χ3v) is 3.29. The largest absolute Gasteiger partial charge is 0.384 e. The minimum Gasteiger partial charge on any atom is -0.384 e. The Labute approximate surface area is 108 Å². The molecule has 0 radical (unpaired) electrons. The third kappa shape index (κ3) is 2.90. The SMILES string of the molecule is CCOCc1nc(N)cc(N2CC(C)CC2C)n1. The number of nitrogens with zero attached hydrogens (tertiary/aromatic N) is 3. The van der Waals surface area contributed by atoms with Crippen LogP contribution in [0.15, 0.2) is 6.07 Å². The number of hydrogen-bond donors (Lipinski definition) is 1. The molecule has 1 saturated heterocycles. The molecule has 1 aliphatic rings. The van der Waals surface area contributed by atoms with E-state index >= 15 is 0 Å². The predicted molar refractivity (Wildman–Crippen MR) is 72.4 cm³/mol. The lowest BCUT2D eigenvalue weighted by molar-refractivity contribution is 0.128. The van der Waals surface area contributed by atoms with Crippen LogP contribution in [0, 0.1) is 5.92 Å². The van der Waals surface area contributed by atoms with Gasteiger partial charge in [-0.2, -0.15) is 0 Å². The van der Waals surface area contributed by atoms with Crippen molar-refractivity contribution < 1.29 is 4.74 Å². The van der Waals surface area contributed by atoms with Gasteiger partial charge in [0.25, 0.3) is 0 Å². The van der Waals surface area contributed by atoms with Crippen LogP contribution in [0.4, 0.5) is 11.6 Å². The van der Waals surface area contributed by atoms with Gasteiger partial charge in [0.2, 0.25) is 0 Å². The van der Waals surface area contributed by atoms with Crippen molar-refractivity contribution in [1.29, 1.82) is 0 Å². The quantitative estimate of drug-likeness (QED) is 0.883. The smallest absolute Gasteiger partial charge is 0.158 e. The van der Waals surface area contributed by atoms with Crippen LogP contribution in [-0.2, 0) is 11.3 Å². The van der Waals surface area contributed by atoms with E-state index in [9.17, 15) is 0 Å². The summed E-state index contributed by atoms with van der Waals surface area (Å²) in [5.74, 6) is 2.81. The Kier molecular flexibility index (Phi) is 4.01. The van der Waals surface area contributed by atoms with Crippen molar-refractivity contribution in [3.8, 4) is 0 Å². The standard InChI is InChI=1S/C13H22N4O/c1-4-18-8-12-15-11(14)6-13(16-12)17-7-9(2)5-10(17)3/h6,9-10H,4-5,7-8H2,1-3H3,(H2,14,15,16). The van der Waals surface area contributed by atoms with Crippen LogP contribution in [0.1, 0.15) is 33.0 Å². The molecule has 1 aliphatic heterocycles. The highest BCUT2D eigenvalue weighted by Gasteiger charge is 2.27. The molecule has 0 aromatic carbocycles. The molecule has 0 saturated carbocycles. The summed E-state index contributed by atoms with van der Waals surface area (Å²) in [4.78, 5) is 11.1. The van der Waals surface area contributed by atoms with Gasteiger partial charge in [-0.3, -0.25) is 0 Å². The number of anilines is 2. The summed E-state index contributed by atoms with van der Waals surface area (Å²) in [5, 5.41) is 0. The van der Waals surface area contributed by atoms with E-state index in [1.165, 1.54) is 6.42 Å². The predicted octanol–water partition coefficient (Wildman–Crippen LogP) is 1.83. The summed E-state index contributed by atoms with van der Waals surface area (Å²) in [7, 11) is 0. The summed E-state index contributed by atoms with van der Waals surface area (Å²) in [6, 6.07) is 2.36. The van der Waals surface area contributed by atoms with Crippen molar-refractivity contribution in [2.45, 2.75) is 39.8 Å². The van der Waals surface area contributed by atoms with Crippen LogP contribution < -0.4 is 10.6 Å². The molecule has 1 aromatic heterocycles. The number of rotatable bonds is 4. The van der Waals surface area contributed by atoms with Gasteiger partial charge in [-0.15, -0.1) is 0 Å². The van der Waals surface area contributed by atoms with Crippen LogP contribution in [0.3, 0.4) is 0 Å². The average Bonchev–Trinajstić information content (AvgIpc) is 2.65. The maximum atomic E-state index is 5.85. The summed E-state index contributed by atoms with van der Waals surface area (Å²) in [6.07, 6.45) is 1.20. The third-order valence-electron chi connectivity index (χ3n) is 3.29. The second kappa shape index (κ2) is 5.52. The van der Waals surface area contributed by atoms with Crippen LogP contribution in [0.5, 0.6) is 0 Å². The zero-order valence-corrected chi connectivity index (χ0v) is 11.4. The van der Waals surface area contributed by atoms with E-state index in [0.29, 0.717) is 36.8 Å². The summed E-state index contributed by atoms with van der Waals surface area (Å²) >= 11 is 0. The molecule has 5 nitrogen and oxygen atoms in total.